The fraction of sp³-hybridized carbons (Fsp3) is 0.273. The Labute approximate surface area is 98.7 Å². The van der Waals surface area contributed by atoms with Gasteiger partial charge in [0.1, 0.15) is 0 Å². The third-order valence-corrected chi connectivity index (χ3v) is 2.63. The lowest BCUT2D eigenvalue weighted by Crippen LogP contribution is -1.98. The highest BCUT2D eigenvalue weighted by Crippen LogP contribution is 2.12. The predicted molar refractivity (Wildman–Crippen MR) is 66.8 cm³/mol. The molecule has 0 saturated heterocycles. The molecule has 76 valence electrons. The summed E-state index contributed by atoms with van der Waals surface area (Å²) in [7, 11) is 0. The van der Waals surface area contributed by atoms with E-state index >= 15 is 0 Å². The lowest BCUT2D eigenvalue weighted by molar-refractivity contribution is 0.143. The average molecular weight is 273 g/mol. The van der Waals surface area contributed by atoms with E-state index in [9.17, 15) is 0 Å². The molecule has 3 heteroatoms. The molecule has 0 aliphatic rings. The molecule has 0 aliphatic carbocycles. The van der Waals surface area contributed by atoms with Crippen molar-refractivity contribution in [3.8, 4) is 0 Å². The molecule has 0 amide bonds. The summed E-state index contributed by atoms with van der Waals surface area (Å²) in [5.41, 5.74) is 2.16. The highest BCUT2D eigenvalue weighted by Gasteiger charge is 1.95. The van der Waals surface area contributed by atoms with Crippen LogP contribution >= 0.6 is 28.6 Å². The van der Waals surface area contributed by atoms with E-state index in [0.29, 0.717) is 19.0 Å². The second-order valence-corrected chi connectivity index (χ2v) is 4.26. The van der Waals surface area contributed by atoms with E-state index in [1.54, 1.807) is 0 Å². The van der Waals surface area contributed by atoms with E-state index in [1.807, 2.05) is 24.3 Å². The SMILES string of the molecule is C=C(CS)COCc1cccc(Br)c1. The molecule has 0 fully saturated rings. The van der Waals surface area contributed by atoms with Crippen molar-refractivity contribution in [3.63, 3.8) is 0 Å². The second kappa shape index (κ2) is 6.27. The zero-order valence-corrected chi connectivity index (χ0v) is 10.4. The van der Waals surface area contributed by atoms with Crippen LogP contribution in [0.1, 0.15) is 5.56 Å². The molecule has 1 aromatic rings. The summed E-state index contributed by atoms with van der Waals surface area (Å²) < 4.78 is 6.53. The van der Waals surface area contributed by atoms with E-state index in [4.69, 9.17) is 4.74 Å². The van der Waals surface area contributed by atoms with Crippen LogP contribution in [-0.4, -0.2) is 12.4 Å². The molecule has 0 bridgehead atoms. The molecule has 0 radical (unpaired) electrons. The maximum Gasteiger partial charge on any atom is 0.0721 e. The van der Waals surface area contributed by atoms with Crippen molar-refractivity contribution in [1.29, 1.82) is 0 Å². The maximum absolute atomic E-state index is 5.46. The molecular weight excluding hydrogens is 260 g/mol. The average Bonchev–Trinajstić information content (AvgIpc) is 2.17. The Morgan fingerprint density at radius 1 is 1.50 bits per heavy atom. The highest BCUT2D eigenvalue weighted by atomic mass is 79.9. The van der Waals surface area contributed by atoms with Crippen LogP contribution in [0.15, 0.2) is 40.9 Å². The smallest absolute Gasteiger partial charge is 0.0721 e. The molecule has 14 heavy (non-hydrogen) atoms. The van der Waals surface area contributed by atoms with Gasteiger partial charge in [-0.15, -0.1) is 0 Å². The lowest BCUT2D eigenvalue weighted by atomic mass is 10.2. The van der Waals surface area contributed by atoms with Gasteiger partial charge in [0, 0.05) is 10.2 Å². The Hall–Kier alpha value is -0.250. The number of rotatable bonds is 5. The predicted octanol–water partition coefficient (Wildman–Crippen LogP) is 3.45. The van der Waals surface area contributed by atoms with Crippen molar-refractivity contribution in [2.45, 2.75) is 6.61 Å². The number of thiol groups is 1. The Kier molecular flexibility index (Phi) is 5.30. The molecular formula is C11H13BrOS. The van der Waals surface area contributed by atoms with E-state index in [0.717, 1.165) is 15.6 Å². The van der Waals surface area contributed by atoms with Crippen LogP contribution in [0.5, 0.6) is 0 Å². The minimum Gasteiger partial charge on any atom is -0.372 e. The van der Waals surface area contributed by atoms with Crippen molar-refractivity contribution in [3.05, 3.63) is 46.5 Å². The van der Waals surface area contributed by atoms with E-state index in [2.05, 4.69) is 35.1 Å². The molecule has 0 spiro atoms. The van der Waals surface area contributed by atoms with Gasteiger partial charge >= 0.3 is 0 Å². The maximum atomic E-state index is 5.46. The Bertz CT molecular complexity index is 312. The number of hydrogen-bond acceptors (Lipinski definition) is 2. The molecule has 1 rings (SSSR count). The molecule has 1 aromatic carbocycles. The topological polar surface area (TPSA) is 9.23 Å². The van der Waals surface area contributed by atoms with Crippen LogP contribution in [-0.2, 0) is 11.3 Å². The van der Waals surface area contributed by atoms with Crippen molar-refractivity contribution < 1.29 is 4.74 Å². The largest absolute Gasteiger partial charge is 0.372 e. The van der Waals surface area contributed by atoms with Gasteiger partial charge in [0.25, 0.3) is 0 Å². The zero-order chi connectivity index (χ0) is 10.4. The number of hydrogen-bond donors (Lipinski definition) is 1. The molecule has 0 atom stereocenters. The Balaban J connectivity index is 2.35. The van der Waals surface area contributed by atoms with Gasteiger partial charge in [0.05, 0.1) is 13.2 Å². The van der Waals surface area contributed by atoms with E-state index in [1.165, 1.54) is 0 Å². The summed E-state index contributed by atoms with van der Waals surface area (Å²) in [4.78, 5) is 0. The molecule has 0 heterocycles. The zero-order valence-electron chi connectivity index (χ0n) is 7.87. The fourth-order valence-electron chi connectivity index (χ4n) is 0.986. The van der Waals surface area contributed by atoms with Gasteiger partial charge in [-0.1, -0.05) is 34.6 Å². The third-order valence-electron chi connectivity index (χ3n) is 1.69. The normalized spacial score (nSPS) is 10.1. The summed E-state index contributed by atoms with van der Waals surface area (Å²) in [5.74, 6) is 0.679. The van der Waals surface area contributed by atoms with Gasteiger partial charge in [0.15, 0.2) is 0 Å². The van der Waals surface area contributed by atoms with Crippen molar-refractivity contribution in [2.24, 2.45) is 0 Å². The van der Waals surface area contributed by atoms with Gasteiger partial charge in [-0.3, -0.25) is 0 Å². The summed E-state index contributed by atoms with van der Waals surface area (Å²) >= 11 is 7.52. The van der Waals surface area contributed by atoms with Gasteiger partial charge in [-0.05, 0) is 23.3 Å². The van der Waals surface area contributed by atoms with Crippen LogP contribution in [0, 0.1) is 0 Å². The molecule has 0 N–H and O–H groups in total. The molecule has 1 nitrogen and oxygen atoms in total. The lowest BCUT2D eigenvalue weighted by Gasteiger charge is -2.05. The van der Waals surface area contributed by atoms with Gasteiger partial charge in [0.2, 0.25) is 0 Å². The molecule has 0 aromatic heterocycles. The first-order chi connectivity index (χ1) is 6.72. The molecule has 0 unspecified atom stereocenters. The number of halogens is 1. The van der Waals surface area contributed by atoms with E-state index < -0.39 is 0 Å². The van der Waals surface area contributed by atoms with Crippen LogP contribution in [0.3, 0.4) is 0 Å². The van der Waals surface area contributed by atoms with Crippen LogP contribution in [0.4, 0.5) is 0 Å². The molecule has 0 aliphatic heterocycles. The summed E-state index contributed by atoms with van der Waals surface area (Å²) in [6, 6.07) is 8.07. The first kappa shape index (κ1) is 11.8. The summed E-state index contributed by atoms with van der Waals surface area (Å²) in [6.45, 7) is 5.01. The van der Waals surface area contributed by atoms with Crippen LogP contribution in [0.25, 0.3) is 0 Å². The van der Waals surface area contributed by atoms with E-state index in [-0.39, 0.29) is 0 Å². The van der Waals surface area contributed by atoms with Crippen molar-refractivity contribution in [2.75, 3.05) is 12.4 Å². The summed E-state index contributed by atoms with van der Waals surface area (Å²) in [5, 5.41) is 0. The summed E-state index contributed by atoms with van der Waals surface area (Å²) in [6.07, 6.45) is 0. The third kappa shape index (κ3) is 4.31. The fourth-order valence-corrected chi connectivity index (χ4v) is 1.52. The minimum absolute atomic E-state index is 0.579. The number of benzene rings is 1. The van der Waals surface area contributed by atoms with Gasteiger partial charge < -0.3 is 4.74 Å². The van der Waals surface area contributed by atoms with Gasteiger partial charge in [-0.25, -0.2) is 0 Å². The van der Waals surface area contributed by atoms with Crippen molar-refractivity contribution in [1.82, 2.24) is 0 Å². The quantitative estimate of drug-likeness (QED) is 0.638. The second-order valence-electron chi connectivity index (χ2n) is 3.03. The Morgan fingerprint density at radius 3 is 2.93 bits per heavy atom. The standard InChI is InChI=1S/C11H13BrOS/c1-9(8-14)6-13-7-10-3-2-4-11(12)5-10/h2-5,14H,1,6-8H2. The molecule has 0 saturated carbocycles. The monoisotopic (exact) mass is 272 g/mol. The minimum atomic E-state index is 0.579. The first-order valence-corrected chi connectivity index (χ1v) is 5.74. The van der Waals surface area contributed by atoms with Crippen LogP contribution < -0.4 is 0 Å². The Morgan fingerprint density at radius 2 is 2.29 bits per heavy atom. The van der Waals surface area contributed by atoms with Crippen molar-refractivity contribution >= 4 is 28.6 Å². The first-order valence-electron chi connectivity index (χ1n) is 4.32. The number of ether oxygens (including phenoxy) is 1. The highest BCUT2D eigenvalue weighted by molar-refractivity contribution is 9.10. The van der Waals surface area contributed by atoms with Gasteiger partial charge in [-0.2, -0.15) is 12.6 Å². The van der Waals surface area contributed by atoms with Crippen LogP contribution in [0.2, 0.25) is 0 Å².